The number of nitrogens with one attached hydrogen (secondary N) is 1. The highest BCUT2D eigenvalue weighted by Gasteiger charge is 2.48. The minimum absolute atomic E-state index is 0.181. The Hall–Kier alpha value is -2.08. The zero-order chi connectivity index (χ0) is 20.7. The summed E-state index contributed by atoms with van der Waals surface area (Å²) >= 11 is 18.2. The first kappa shape index (κ1) is 20.2. The Bertz CT molecular complexity index is 1000. The summed E-state index contributed by atoms with van der Waals surface area (Å²) in [6, 6.07) is 9.25. The number of carbonyl (C=O) groups is 3. The standard InChI is InChI=1S/C21H17Cl3N2O3/c22-11-5-7-15(17(24)9-11)19(27)25-18-10-12(6-8-16(18)23)26-20(28)13-3-1-2-4-14(13)21(26)29/h5-10,13-14H,1-4H2,(H,25,27)/t13-,14+. The number of carbonyl (C=O) groups excluding carboxylic acids is 3. The molecule has 1 N–H and O–H groups in total. The van der Waals surface area contributed by atoms with Crippen LogP contribution in [0.5, 0.6) is 0 Å². The van der Waals surface area contributed by atoms with Gasteiger partial charge in [0.2, 0.25) is 11.8 Å². The number of hydrogen-bond acceptors (Lipinski definition) is 3. The zero-order valence-corrected chi connectivity index (χ0v) is 17.5. The van der Waals surface area contributed by atoms with E-state index in [2.05, 4.69) is 5.32 Å². The predicted octanol–water partition coefficient (Wildman–Crippen LogP) is 5.58. The van der Waals surface area contributed by atoms with Gasteiger partial charge in [-0.1, -0.05) is 47.6 Å². The first-order chi connectivity index (χ1) is 13.9. The molecule has 1 aliphatic heterocycles. The molecule has 2 aliphatic rings. The molecule has 2 aromatic rings. The van der Waals surface area contributed by atoms with Crippen LogP contribution in [-0.2, 0) is 9.59 Å². The van der Waals surface area contributed by atoms with Gasteiger partial charge in [0.25, 0.3) is 5.91 Å². The molecule has 1 aliphatic carbocycles. The Morgan fingerprint density at radius 2 is 1.55 bits per heavy atom. The number of benzene rings is 2. The van der Waals surface area contributed by atoms with Gasteiger partial charge in [-0.25, -0.2) is 4.90 Å². The second-order valence-electron chi connectivity index (χ2n) is 7.25. The highest BCUT2D eigenvalue weighted by Crippen LogP contribution is 2.41. The number of fused-ring (bicyclic) bond motifs is 1. The monoisotopic (exact) mass is 450 g/mol. The maximum absolute atomic E-state index is 12.8. The first-order valence-electron chi connectivity index (χ1n) is 9.30. The number of rotatable bonds is 3. The molecular weight excluding hydrogens is 435 g/mol. The maximum atomic E-state index is 12.8. The lowest BCUT2D eigenvalue weighted by atomic mass is 9.81. The number of hydrogen-bond donors (Lipinski definition) is 1. The van der Waals surface area contributed by atoms with Crippen molar-refractivity contribution in [2.45, 2.75) is 25.7 Å². The predicted molar refractivity (Wildman–Crippen MR) is 114 cm³/mol. The molecule has 4 rings (SSSR count). The molecule has 2 fully saturated rings. The molecule has 8 heteroatoms. The van der Waals surface area contributed by atoms with Gasteiger partial charge in [-0.05, 0) is 49.2 Å². The summed E-state index contributed by atoms with van der Waals surface area (Å²) in [7, 11) is 0. The van der Waals surface area contributed by atoms with Gasteiger partial charge in [0, 0.05) is 5.02 Å². The van der Waals surface area contributed by atoms with Gasteiger partial charge < -0.3 is 5.32 Å². The molecule has 1 heterocycles. The van der Waals surface area contributed by atoms with Crippen molar-refractivity contribution in [1.82, 2.24) is 0 Å². The molecule has 0 radical (unpaired) electrons. The molecule has 0 bridgehead atoms. The summed E-state index contributed by atoms with van der Waals surface area (Å²) in [5.41, 5.74) is 0.920. The van der Waals surface area contributed by atoms with Crippen molar-refractivity contribution in [2.75, 3.05) is 10.2 Å². The average Bonchev–Trinajstić information content (AvgIpc) is 2.94. The first-order valence-corrected chi connectivity index (χ1v) is 10.4. The summed E-state index contributed by atoms with van der Waals surface area (Å²) in [6.45, 7) is 0. The molecule has 2 aromatic carbocycles. The van der Waals surface area contributed by atoms with Crippen LogP contribution in [0.4, 0.5) is 11.4 Å². The average molecular weight is 452 g/mol. The van der Waals surface area contributed by atoms with Crippen LogP contribution in [0.15, 0.2) is 36.4 Å². The third-order valence-corrected chi connectivity index (χ3v) is 6.35. The molecule has 1 saturated carbocycles. The molecule has 0 spiro atoms. The van der Waals surface area contributed by atoms with E-state index < -0.39 is 5.91 Å². The van der Waals surface area contributed by atoms with Crippen molar-refractivity contribution >= 4 is 63.9 Å². The van der Waals surface area contributed by atoms with Crippen molar-refractivity contribution in [3.63, 3.8) is 0 Å². The quantitative estimate of drug-likeness (QED) is 0.620. The van der Waals surface area contributed by atoms with Gasteiger partial charge in [-0.2, -0.15) is 0 Å². The van der Waals surface area contributed by atoms with E-state index in [4.69, 9.17) is 34.8 Å². The van der Waals surface area contributed by atoms with E-state index in [0.29, 0.717) is 10.7 Å². The van der Waals surface area contributed by atoms with E-state index in [1.807, 2.05) is 0 Å². The second-order valence-corrected chi connectivity index (χ2v) is 8.50. The lowest BCUT2D eigenvalue weighted by molar-refractivity contribution is -0.122. The number of nitrogens with zero attached hydrogens (tertiary/aromatic N) is 1. The summed E-state index contributed by atoms with van der Waals surface area (Å²) in [5.74, 6) is -1.34. The smallest absolute Gasteiger partial charge is 0.257 e. The van der Waals surface area contributed by atoms with E-state index in [1.54, 1.807) is 18.2 Å². The fraction of sp³-hybridized carbons (Fsp3) is 0.286. The van der Waals surface area contributed by atoms with Gasteiger partial charge >= 0.3 is 0 Å². The van der Waals surface area contributed by atoms with E-state index in [0.717, 1.165) is 25.7 Å². The van der Waals surface area contributed by atoms with Gasteiger partial charge in [0.05, 0.1) is 38.8 Å². The fourth-order valence-corrected chi connectivity index (χ4v) is 4.69. The summed E-state index contributed by atoms with van der Waals surface area (Å²) in [6.07, 6.45) is 3.38. The summed E-state index contributed by atoms with van der Waals surface area (Å²) in [5, 5.41) is 3.60. The number of anilines is 2. The Balaban J connectivity index is 1.62. The summed E-state index contributed by atoms with van der Waals surface area (Å²) in [4.78, 5) is 39.5. The Labute approximate surface area is 182 Å². The molecule has 0 aromatic heterocycles. The number of imide groups is 1. The largest absolute Gasteiger partial charge is 0.321 e. The third kappa shape index (κ3) is 3.75. The highest BCUT2D eigenvalue weighted by atomic mass is 35.5. The number of amides is 3. The third-order valence-electron chi connectivity index (χ3n) is 5.47. The molecule has 0 unspecified atom stereocenters. The molecular formula is C21H17Cl3N2O3. The van der Waals surface area contributed by atoms with E-state index in [1.165, 1.54) is 23.1 Å². The highest BCUT2D eigenvalue weighted by molar-refractivity contribution is 6.38. The van der Waals surface area contributed by atoms with E-state index in [9.17, 15) is 14.4 Å². The van der Waals surface area contributed by atoms with Crippen LogP contribution in [0, 0.1) is 11.8 Å². The molecule has 2 atom stereocenters. The fourth-order valence-electron chi connectivity index (χ4n) is 4.03. The van der Waals surface area contributed by atoms with Gasteiger partial charge in [0.15, 0.2) is 0 Å². The minimum atomic E-state index is -0.474. The molecule has 5 nitrogen and oxygen atoms in total. The van der Waals surface area contributed by atoms with Crippen LogP contribution in [0.2, 0.25) is 15.1 Å². The summed E-state index contributed by atoms with van der Waals surface area (Å²) < 4.78 is 0. The topological polar surface area (TPSA) is 66.5 Å². The van der Waals surface area contributed by atoms with E-state index in [-0.39, 0.29) is 44.9 Å². The van der Waals surface area contributed by atoms with Gasteiger partial charge in [-0.3, -0.25) is 14.4 Å². The Morgan fingerprint density at radius 1 is 0.897 bits per heavy atom. The maximum Gasteiger partial charge on any atom is 0.257 e. The lowest BCUT2D eigenvalue weighted by Crippen LogP contribution is -2.31. The van der Waals surface area contributed by atoms with Crippen LogP contribution in [0.1, 0.15) is 36.0 Å². The van der Waals surface area contributed by atoms with Crippen molar-refractivity contribution in [1.29, 1.82) is 0 Å². The van der Waals surface area contributed by atoms with Crippen LogP contribution < -0.4 is 10.2 Å². The SMILES string of the molecule is O=C(Nc1cc(N2C(=O)[C@H]3CCCC[C@H]3C2=O)ccc1Cl)c1ccc(Cl)cc1Cl. The molecule has 3 amide bonds. The van der Waals surface area contributed by atoms with Crippen LogP contribution in [0.3, 0.4) is 0 Å². The van der Waals surface area contributed by atoms with Crippen LogP contribution in [-0.4, -0.2) is 17.7 Å². The Kier molecular flexibility index (Phi) is 5.56. The van der Waals surface area contributed by atoms with Crippen molar-refractivity contribution < 1.29 is 14.4 Å². The van der Waals surface area contributed by atoms with Crippen molar-refractivity contribution in [3.8, 4) is 0 Å². The lowest BCUT2D eigenvalue weighted by Gasteiger charge is -2.19. The second kappa shape index (κ2) is 7.98. The normalized spacial score (nSPS) is 21.3. The van der Waals surface area contributed by atoms with Crippen molar-refractivity contribution in [3.05, 3.63) is 57.0 Å². The van der Waals surface area contributed by atoms with Gasteiger partial charge in [0.1, 0.15) is 0 Å². The van der Waals surface area contributed by atoms with Gasteiger partial charge in [-0.15, -0.1) is 0 Å². The Morgan fingerprint density at radius 3 is 2.17 bits per heavy atom. The van der Waals surface area contributed by atoms with Crippen molar-refractivity contribution in [2.24, 2.45) is 11.8 Å². The molecule has 1 saturated heterocycles. The van der Waals surface area contributed by atoms with E-state index >= 15 is 0 Å². The molecule has 150 valence electrons. The zero-order valence-electron chi connectivity index (χ0n) is 15.3. The van der Waals surface area contributed by atoms with Crippen LogP contribution in [0.25, 0.3) is 0 Å². The molecule has 29 heavy (non-hydrogen) atoms. The van der Waals surface area contributed by atoms with Crippen LogP contribution >= 0.6 is 34.8 Å². The number of halogens is 3. The minimum Gasteiger partial charge on any atom is -0.321 e.